The lowest BCUT2D eigenvalue weighted by atomic mass is 10.1. The van der Waals surface area contributed by atoms with Gasteiger partial charge in [-0.15, -0.1) is 0 Å². The van der Waals surface area contributed by atoms with Gasteiger partial charge in [0.25, 0.3) is 0 Å². The molecule has 168 valence electrons. The number of sulfonamides is 1. The Hall–Kier alpha value is -3.17. The zero-order valence-corrected chi connectivity index (χ0v) is 19.3. The smallest absolute Gasteiger partial charge is 0.336 e. The first-order chi connectivity index (χ1) is 15.2. The predicted molar refractivity (Wildman–Crippen MR) is 122 cm³/mol. The number of hydrogen-bond acceptors (Lipinski definition) is 6. The highest BCUT2D eigenvalue weighted by molar-refractivity contribution is 7.89. The first-order valence-corrected chi connectivity index (χ1v) is 11.7. The van der Waals surface area contributed by atoms with E-state index in [9.17, 15) is 13.2 Å². The maximum Gasteiger partial charge on any atom is 0.336 e. The maximum absolute atomic E-state index is 12.5. The molecule has 0 saturated heterocycles. The molecule has 0 fully saturated rings. The standard InChI is InChI=1S/C23H25N3O5S/c1-5-10-26-20-9-7-17(32(28,29)25(3)4)13-19(20)24-22(26)14-30-16-6-8-18-15(2)11-23(27)31-21(18)12-16/h6-9,11-13H,5,10,14H2,1-4H3. The molecule has 0 spiro atoms. The van der Waals surface area contributed by atoms with Crippen molar-refractivity contribution in [1.29, 1.82) is 0 Å². The molecule has 0 amide bonds. The fourth-order valence-electron chi connectivity index (χ4n) is 3.66. The van der Waals surface area contributed by atoms with Crippen LogP contribution in [0.25, 0.3) is 22.0 Å². The van der Waals surface area contributed by atoms with Crippen LogP contribution < -0.4 is 10.4 Å². The maximum atomic E-state index is 12.5. The summed E-state index contributed by atoms with van der Waals surface area (Å²) in [5.41, 5.74) is 2.35. The van der Waals surface area contributed by atoms with Gasteiger partial charge in [-0.05, 0) is 49.2 Å². The topological polar surface area (TPSA) is 94.6 Å². The molecular formula is C23H25N3O5S. The van der Waals surface area contributed by atoms with Gasteiger partial charge in [-0.2, -0.15) is 0 Å². The largest absolute Gasteiger partial charge is 0.486 e. The minimum Gasteiger partial charge on any atom is -0.486 e. The molecule has 0 atom stereocenters. The number of hydrogen-bond donors (Lipinski definition) is 0. The van der Waals surface area contributed by atoms with Crippen molar-refractivity contribution in [1.82, 2.24) is 13.9 Å². The molecule has 4 aromatic rings. The number of fused-ring (bicyclic) bond motifs is 2. The number of imidazole rings is 1. The Morgan fingerprint density at radius 2 is 1.91 bits per heavy atom. The van der Waals surface area contributed by atoms with Crippen LogP contribution in [0.2, 0.25) is 0 Å². The summed E-state index contributed by atoms with van der Waals surface area (Å²) in [6.45, 7) is 4.83. The second kappa shape index (κ2) is 8.40. The van der Waals surface area contributed by atoms with Crippen LogP contribution in [-0.2, 0) is 23.2 Å². The molecule has 8 nitrogen and oxygen atoms in total. The SMILES string of the molecule is CCCn1c(COc2ccc3c(C)cc(=O)oc3c2)nc2cc(S(=O)(=O)N(C)C)ccc21. The fourth-order valence-corrected chi connectivity index (χ4v) is 4.58. The number of aryl methyl sites for hydroxylation is 2. The van der Waals surface area contributed by atoms with E-state index in [1.54, 1.807) is 24.3 Å². The molecule has 0 radical (unpaired) electrons. The van der Waals surface area contributed by atoms with Crippen LogP contribution in [0.5, 0.6) is 5.75 Å². The Balaban J connectivity index is 1.68. The Labute approximate surface area is 186 Å². The first kappa shape index (κ1) is 22.0. The summed E-state index contributed by atoms with van der Waals surface area (Å²) < 4.78 is 39.5. The van der Waals surface area contributed by atoms with Crippen molar-refractivity contribution in [2.24, 2.45) is 0 Å². The number of aromatic nitrogens is 2. The number of benzene rings is 2. The lowest BCUT2D eigenvalue weighted by Crippen LogP contribution is -2.22. The summed E-state index contributed by atoms with van der Waals surface area (Å²) in [6.07, 6.45) is 0.886. The van der Waals surface area contributed by atoms with E-state index in [4.69, 9.17) is 9.15 Å². The Morgan fingerprint density at radius 1 is 1.12 bits per heavy atom. The van der Waals surface area contributed by atoms with Crippen LogP contribution in [0, 0.1) is 6.92 Å². The third kappa shape index (κ3) is 4.01. The van der Waals surface area contributed by atoms with E-state index in [2.05, 4.69) is 11.9 Å². The second-order valence-electron chi connectivity index (χ2n) is 7.81. The van der Waals surface area contributed by atoms with Crippen LogP contribution in [0.3, 0.4) is 0 Å². The van der Waals surface area contributed by atoms with Gasteiger partial charge in [-0.25, -0.2) is 22.5 Å². The minimum atomic E-state index is -3.55. The fraction of sp³-hybridized carbons (Fsp3) is 0.304. The third-order valence-corrected chi connectivity index (χ3v) is 7.13. The zero-order chi connectivity index (χ0) is 23.0. The summed E-state index contributed by atoms with van der Waals surface area (Å²) >= 11 is 0. The summed E-state index contributed by atoms with van der Waals surface area (Å²) in [4.78, 5) is 16.5. The highest BCUT2D eigenvalue weighted by Crippen LogP contribution is 2.25. The number of ether oxygens (including phenoxy) is 1. The van der Waals surface area contributed by atoms with Gasteiger partial charge in [0.15, 0.2) is 0 Å². The highest BCUT2D eigenvalue weighted by Gasteiger charge is 2.20. The van der Waals surface area contributed by atoms with E-state index >= 15 is 0 Å². The molecule has 9 heteroatoms. The molecule has 0 aliphatic carbocycles. The average Bonchev–Trinajstić information content (AvgIpc) is 3.08. The van der Waals surface area contributed by atoms with Crippen molar-refractivity contribution >= 4 is 32.0 Å². The van der Waals surface area contributed by atoms with Crippen LogP contribution in [0.4, 0.5) is 0 Å². The van der Waals surface area contributed by atoms with Gasteiger partial charge in [0.05, 0.1) is 15.9 Å². The number of nitrogens with zero attached hydrogens (tertiary/aromatic N) is 3. The Kier molecular flexibility index (Phi) is 5.79. The minimum absolute atomic E-state index is 0.187. The van der Waals surface area contributed by atoms with Gasteiger partial charge in [-0.3, -0.25) is 0 Å². The predicted octanol–water partition coefficient (Wildman–Crippen LogP) is 3.69. The normalized spacial score (nSPS) is 12.2. The third-order valence-electron chi connectivity index (χ3n) is 5.32. The average molecular weight is 456 g/mol. The molecule has 4 rings (SSSR count). The quantitative estimate of drug-likeness (QED) is 0.395. The molecule has 0 bridgehead atoms. The van der Waals surface area contributed by atoms with Crippen LogP contribution in [-0.4, -0.2) is 36.4 Å². The van der Waals surface area contributed by atoms with E-state index in [0.29, 0.717) is 22.7 Å². The van der Waals surface area contributed by atoms with E-state index in [0.717, 1.165) is 29.4 Å². The zero-order valence-electron chi connectivity index (χ0n) is 18.5. The molecule has 0 unspecified atom stereocenters. The van der Waals surface area contributed by atoms with Crippen molar-refractivity contribution in [2.45, 2.75) is 38.3 Å². The molecule has 2 aromatic carbocycles. The van der Waals surface area contributed by atoms with E-state index in [1.807, 2.05) is 23.6 Å². The second-order valence-corrected chi connectivity index (χ2v) is 9.96. The lowest BCUT2D eigenvalue weighted by molar-refractivity contribution is 0.290. The monoisotopic (exact) mass is 455 g/mol. The van der Waals surface area contributed by atoms with E-state index in [1.165, 1.54) is 24.5 Å². The molecule has 0 aliphatic heterocycles. The molecule has 0 aliphatic rings. The summed E-state index contributed by atoms with van der Waals surface area (Å²) in [6, 6.07) is 11.8. The van der Waals surface area contributed by atoms with Gasteiger partial charge >= 0.3 is 5.63 Å². The van der Waals surface area contributed by atoms with Crippen molar-refractivity contribution in [3.8, 4) is 5.75 Å². The van der Waals surface area contributed by atoms with Gasteiger partial charge in [0, 0.05) is 38.2 Å². The van der Waals surface area contributed by atoms with Crippen LogP contribution >= 0.6 is 0 Å². The lowest BCUT2D eigenvalue weighted by Gasteiger charge is -2.11. The van der Waals surface area contributed by atoms with E-state index < -0.39 is 15.6 Å². The number of rotatable bonds is 7. The highest BCUT2D eigenvalue weighted by atomic mass is 32.2. The molecule has 2 heterocycles. The van der Waals surface area contributed by atoms with Crippen molar-refractivity contribution in [3.63, 3.8) is 0 Å². The summed E-state index contributed by atoms with van der Waals surface area (Å²) in [5.74, 6) is 1.24. The van der Waals surface area contributed by atoms with Gasteiger partial charge in [-0.1, -0.05) is 6.92 Å². The summed E-state index contributed by atoms with van der Waals surface area (Å²) in [5, 5.41) is 0.852. The first-order valence-electron chi connectivity index (χ1n) is 10.3. The van der Waals surface area contributed by atoms with Crippen LogP contribution in [0.1, 0.15) is 24.7 Å². The van der Waals surface area contributed by atoms with Crippen LogP contribution in [0.15, 0.2) is 56.6 Å². The van der Waals surface area contributed by atoms with Crippen molar-refractivity contribution in [2.75, 3.05) is 14.1 Å². The molecule has 32 heavy (non-hydrogen) atoms. The summed E-state index contributed by atoms with van der Waals surface area (Å²) in [7, 11) is -0.547. The molecule has 0 N–H and O–H groups in total. The molecule has 0 saturated carbocycles. The molecule has 2 aromatic heterocycles. The van der Waals surface area contributed by atoms with Gasteiger partial charge in [0.2, 0.25) is 10.0 Å². The van der Waals surface area contributed by atoms with E-state index in [-0.39, 0.29) is 11.5 Å². The van der Waals surface area contributed by atoms with Gasteiger partial charge in [0.1, 0.15) is 23.8 Å². The molecular weight excluding hydrogens is 430 g/mol. The van der Waals surface area contributed by atoms with Gasteiger partial charge < -0.3 is 13.7 Å². The van der Waals surface area contributed by atoms with Crippen molar-refractivity contribution < 1.29 is 17.6 Å². The Bertz CT molecular complexity index is 1470. The van der Waals surface area contributed by atoms with Crippen molar-refractivity contribution in [3.05, 3.63) is 64.3 Å². The Morgan fingerprint density at radius 3 is 2.62 bits per heavy atom.